The van der Waals surface area contributed by atoms with E-state index in [4.69, 9.17) is 4.74 Å². The second-order valence-corrected chi connectivity index (χ2v) is 3.76. The molecule has 1 aliphatic heterocycles. The molecule has 0 amide bonds. The highest BCUT2D eigenvalue weighted by molar-refractivity contribution is 7.09. The monoisotopic (exact) mass is 194 g/mol. The van der Waals surface area contributed by atoms with Gasteiger partial charge in [0.05, 0.1) is 6.61 Å². The molecule has 68 valence electrons. The molecule has 13 heavy (non-hydrogen) atoms. The molecule has 1 unspecified atom stereocenters. The van der Waals surface area contributed by atoms with Gasteiger partial charge in [-0.15, -0.1) is 10.2 Å². The van der Waals surface area contributed by atoms with Crippen LogP contribution in [0, 0.1) is 17.8 Å². The Kier molecular flexibility index (Phi) is 2.90. The topological polar surface area (TPSA) is 35.0 Å². The highest BCUT2D eigenvalue weighted by Crippen LogP contribution is 2.12. The number of aromatic nitrogens is 2. The number of ether oxygens (including phenoxy) is 1. The molecule has 1 fully saturated rings. The van der Waals surface area contributed by atoms with E-state index >= 15 is 0 Å². The van der Waals surface area contributed by atoms with Gasteiger partial charge in [-0.05, 0) is 18.8 Å². The molecule has 0 bridgehead atoms. The number of hydrogen-bond acceptors (Lipinski definition) is 4. The largest absolute Gasteiger partial charge is 0.380 e. The molecule has 1 saturated heterocycles. The summed E-state index contributed by atoms with van der Waals surface area (Å²) in [5, 5.41) is 8.37. The number of nitrogens with zero attached hydrogens (tertiary/aromatic N) is 2. The zero-order valence-corrected chi connectivity index (χ0v) is 8.01. The first kappa shape index (κ1) is 8.67. The Hall–Kier alpha value is -0.920. The minimum atomic E-state index is 0.387. The van der Waals surface area contributed by atoms with Crippen LogP contribution in [0.4, 0.5) is 0 Å². The third-order valence-electron chi connectivity index (χ3n) is 1.90. The van der Waals surface area contributed by atoms with Crippen LogP contribution in [0.5, 0.6) is 0 Å². The lowest BCUT2D eigenvalue weighted by molar-refractivity contribution is 0.0740. The van der Waals surface area contributed by atoms with Crippen molar-refractivity contribution in [2.75, 3.05) is 13.2 Å². The van der Waals surface area contributed by atoms with Crippen molar-refractivity contribution in [1.29, 1.82) is 0 Å². The molecule has 1 atom stereocenters. The fraction of sp³-hybridized carbons (Fsp3) is 0.556. The van der Waals surface area contributed by atoms with Gasteiger partial charge in [-0.1, -0.05) is 17.3 Å². The number of hydrogen-bond donors (Lipinski definition) is 0. The van der Waals surface area contributed by atoms with Crippen molar-refractivity contribution in [3.8, 4) is 11.8 Å². The van der Waals surface area contributed by atoms with Crippen molar-refractivity contribution in [2.24, 2.45) is 5.92 Å². The molecule has 1 aromatic heterocycles. The fourth-order valence-electron chi connectivity index (χ4n) is 1.25. The summed E-state index contributed by atoms with van der Waals surface area (Å²) in [7, 11) is 0. The van der Waals surface area contributed by atoms with Crippen LogP contribution in [0.15, 0.2) is 5.51 Å². The summed E-state index contributed by atoms with van der Waals surface area (Å²) in [6.07, 6.45) is 2.27. The molecule has 0 radical (unpaired) electrons. The van der Waals surface area contributed by atoms with E-state index in [-0.39, 0.29) is 0 Å². The molecule has 1 aromatic rings. The SMILES string of the molecule is C(#CC1CCCOC1)c1nncs1. The van der Waals surface area contributed by atoms with Gasteiger partial charge in [-0.3, -0.25) is 0 Å². The predicted molar refractivity (Wildman–Crippen MR) is 50.3 cm³/mol. The summed E-state index contributed by atoms with van der Waals surface area (Å²) in [6.45, 7) is 1.66. The Morgan fingerprint density at radius 3 is 3.31 bits per heavy atom. The Balaban J connectivity index is 1.95. The van der Waals surface area contributed by atoms with Gasteiger partial charge in [0.1, 0.15) is 5.51 Å². The minimum Gasteiger partial charge on any atom is -0.380 e. The summed E-state index contributed by atoms with van der Waals surface area (Å²) in [6, 6.07) is 0. The molecule has 3 nitrogen and oxygen atoms in total. The first-order chi connectivity index (χ1) is 6.45. The molecule has 2 rings (SSSR count). The van der Waals surface area contributed by atoms with Gasteiger partial charge in [0, 0.05) is 12.5 Å². The quantitative estimate of drug-likeness (QED) is 0.584. The summed E-state index contributed by atoms with van der Waals surface area (Å²) in [4.78, 5) is 0. The van der Waals surface area contributed by atoms with Gasteiger partial charge >= 0.3 is 0 Å². The lowest BCUT2D eigenvalue weighted by atomic mass is 10.0. The van der Waals surface area contributed by atoms with E-state index in [2.05, 4.69) is 22.0 Å². The van der Waals surface area contributed by atoms with Crippen LogP contribution in [0.2, 0.25) is 0 Å². The van der Waals surface area contributed by atoms with Crippen molar-refractivity contribution < 1.29 is 4.74 Å². The van der Waals surface area contributed by atoms with E-state index in [0.717, 1.165) is 31.1 Å². The molecule has 0 saturated carbocycles. The lowest BCUT2D eigenvalue weighted by Crippen LogP contribution is -2.15. The second kappa shape index (κ2) is 4.35. The highest BCUT2D eigenvalue weighted by Gasteiger charge is 2.10. The number of rotatable bonds is 0. The summed E-state index contributed by atoms with van der Waals surface area (Å²) in [5.74, 6) is 6.55. The van der Waals surface area contributed by atoms with Crippen molar-refractivity contribution in [1.82, 2.24) is 10.2 Å². The Morgan fingerprint density at radius 1 is 1.62 bits per heavy atom. The van der Waals surface area contributed by atoms with Gasteiger partial charge in [-0.25, -0.2) is 0 Å². The van der Waals surface area contributed by atoms with Crippen LogP contribution in [0.3, 0.4) is 0 Å². The van der Waals surface area contributed by atoms with Gasteiger partial charge in [0.15, 0.2) is 5.01 Å². The summed E-state index contributed by atoms with van der Waals surface area (Å²) >= 11 is 1.47. The minimum absolute atomic E-state index is 0.387. The average molecular weight is 194 g/mol. The lowest BCUT2D eigenvalue weighted by Gasteiger charge is -2.16. The molecule has 0 aromatic carbocycles. The van der Waals surface area contributed by atoms with Gasteiger partial charge < -0.3 is 4.74 Å². The molecular formula is C9H10N2OS. The van der Waals surface area contributed by atoms with E-state index in [0.29, 0.717) is 5.92 Å². The van der Waals surface area contributed by atoms with Crippen LogP contribution in [-0.4, -0.2) is 23.4 Å². The average Bonchev–Trinajstić information content (AvgIpc) is 2.69. The maximum Gasteiger partial charge on any atom is 0.190 e. The maximum atomic E-state index is 5.32. The Bertz CT molecular complexity index is 306. The third kappa shape index (κ3) is 2.51. The van der Waals surface area contributed by atoms with Crippen molar-refractivity contribution in [2.45, 2.75) is 12.8 Å². The molecule has 2 heterocycles. The van der Waals surface area contributed by atoms with Gasteiger partial charge in [0.2, 0.25) is 0 Å². The van der Waals surface area contributed by atoms with E-state index in [1.165, 1.54) is 11.3 Å². The normalized spacial score (nSPS) is 22.0. The highest BCUT2D eigenvalue weighted by atomic mass is 32.1. The van der Waals surface area contributed by atoms with Crippen molar-refractivity contribution in [3.63, 3.8) is 0 Å². The first-order valence-corrected chi connectivity index (χ1v) is 5.18. The molecule has 0 aliphatic carbocycles. The van der Waals surface area contributed by atoms with E-state index in [1.807, 2.05) is 0 Å². The zero-order valence-electron chi connectivity index (χ0n) is 7.19. The van der Waals surface area contributed by atoms with Crippen molar-refractivity contribution >= 4 is 11.3 Å². The van der Waals surface area contributed by atoms with Gasteiger partial charge in [0.25, 0.3) is 0 Å². The van der Waals surface area contributed by atoms with Crippen LogP contribution >= 0.6 is 11.3 Å². The third-order valence-corrected chi connectivity index (χ3v) is 2.51. The van der Waals surface area contributed by atoms with Gasteiger partial charge in [-0.2, -0.15) is 0 Å². The van der Waals surface area contributed by atoms with Crippen LogP contribution < -0.4 is 0 Å². The van der Waals surface area contributed by atoms with Crippen LogP contribution in [0.25, 0.3) is 0 Å². The maximum absolute atomic E-state index is 5.32. The molecule has 0 N–H and O–H groups in total. The Morgan fingerprint density at radius 2 is 2.62 bits per heavy atom. The van der Waals surface area contributed by atoms with E-state index in [9.17, 15) is 0 Å². The van der Waals surface area contributed by atoms with Crippen molar-refractivity contribution in [3.05, 3.63) is 10.5 Å². The molecule has 4 heteroatoms. The summed E-state index contributed by atoms with van der Waals surface area (Å²) in [5.41, 5.74) is 1.70. The van der Waals surface area contributed by atoms with E-state index in [1.54, 1.807) is 5.51 Å². The van der Waals surface area contributed by atoms with Crippen LogP contribution in [0.1, 0.15) is 17.8 Å². The molecular weight excluding hydrogens is 184 g/mol. The Labute approximate surface area is 81.1 Å². The van der Waals surface area contributed by atoms with Crippen LogP contribution in [-0.2, 0) is 4.74 Å². The first-order valence-electron chi connectivity index (χ1n) is 4.30. The fourth-order valence-corrected chi connectivity index (χ4v) is 1.65. The van der Waals surface area contributed by atoms with E-state index < -0.39 is 0 Å². The molecule has 1 aliphatic rings. The zero-order chi connectivity index (χ0) is 8.93. The predicted octanol–water partition coefficient (Wildman–Crippen LogP) is 1.32. The smallest absolute Gasteiger partial charge is 0.190 e. The standard InChI is InChI=1S/C9H10N2OS/c1-2-8(6-12-5-1)3-4-9-11-10-7-13-9/h7-8H,1-2,5-6H2. The second-order valence-electron chi connectivity index (χ2n) is 2.93. The summed E-state index contributed by atoms with van der Waals surface area (Å²) < 4.78 is 5.32. The molecule has 0 spiro atoms.